The van der Waals surface area contributed by atoms with Crippen LogP contribution >= 0.6 is 0 Å². The average molecular weight is 292 g/mol. The van der Waals surface area contributed by atoms with E-state index in [1.807, 2.05) is 6.92 Å². The molecule has 110 valence electrons. The quantitative estimate of drug-likeness (QED) is 0.704. The van der Waals surface area contributed by atoms with Gasteiger partial charge >= 0.3 is 5.97 Å². The summed E-state index contributed by atoms with van der Waals surface area (Å²) in [5.41, 5.74) is 0. The molecular weight excluding hydrogens is 272 g/mol. The monoisotopic (exact) mass is 292 g/mol. The first kappa shape index (κ1) is 15.9. The van der Waals surface area contributed by atoms with Crippen LogP contribution in [0.2, 0.25) is 0 Å². The summed E-state index contributed by atoms with van der Waals surface area (Å²) >= 11 is 0. The van der Waals surface area contributed by atoms with Crippen molar-refractivity contribution in [2.45, 2.75) is 44.7 Å². The molecule has 2 N–H and O–H groups in total. The maximum absolute atomic E-state index is 12.0. The van der Waals surface area contributed by atoms with Gasteiger partial charge in [0.2, 0.25) is 15.9 Å². The smallest absolute Gasteiger partial charge is 0.326 e. The van der Waals surface area contributed by atoms with Crippen LogP contribution in [0.25, 0.3) is 0 Å². The summed E-state index contributed by atoms with van der Waals surface area (Å²) in [6, 6.07) is -1.74. The van der Waals surface area contributed by atoms with E-state index in [4.69, 9.17) is 5.11 Å². The second kappa shape index (κ2) is 6.33. The van der Waals surface area contributed by atoms with Crippen LogP contribution in [0, 0.1) is 0 Å². The fourth-order valence-electron chi connectivity index (χ4n) is 2.21. The molecule has 0 aromatic rings. The number of carbonyl (C=O) groups excluding carboxylic acids is 1. The first-order valence-electron chi connectivity index (χ1n) is 6.27. The van der Waals surface area contributed by atoms with Crippen molar-refractivity contribution in [2.75, 3.05) is 12.8 Å². The van der Waals surface area contributed by atoms with Gasteiger partial charge in [-0.3, -0.25) is 4.79 Å². The molecule has 7 nitrogen and oxygen atoms in total. The average Bonchev–Trinajstić information content (AvgIpc) is 2.76. The molecule has 19 heavy (non-hydrogen) atoms. The van der Waals surface area contributed by atoms with Crippen molar-refractivity contribution in [3.05, 3.63) is 0 Å². The molecule has 1 aliphatic rings. The molecule has 0 aliphatic carbocycles. The van der Waals surface area contributed by atoms with Gasteiger partial charge in [0.15, 0.2) is 0 Å². The molecule has 0 aromatic heterocycles. The molecule has 1 amide bonds. The number of carbonyl (C=O) groups is 2. The van der Waals surface area contributed by atoms with Gasteiger partial charge in [0.1, 0.15) is 12.1 Å². The van der Waals surface area contributed by atoms with Crippen molar-refractivity contribution in [1.29, 1.82) is 0 Å². The Balaban J connectivity index is 2.74. The fraction of sp³-hybridized carbons (Fsp3) is 0.818. The molecule has 0 radical (unpaired) electrons. The third kappa shape index (κ3) is 4.17. The van der Waals surface area contributed by atoms with E-state index in [-0.39, 0.29) is 0 Å². The van der Waals surface area contributed by atoms with E-state index in [2.05, 4.69) is 5.32 Å². The fourth-order valence-corrected chi connectivity index (χ4v) is 3.34. The highest BCUT2D eigenvalue weighted by atomic mass is 32.2. The van der Waals surface area contributed by atoms with Crippen molar-refractivity contribution < 1.29 is 23.1 Å². The van der Waals surface area contributed by atoms with Crippen LogP contribution in [0.15, 0.2) is 0 Å². The molecule has 0 aromatic carbocycles. The number of hydrogen-bond donors (Lipinski definition) is 2. The van der Waals surface area contributed by atoms with Gasteiger partial charge < -0.3 is 10.4 Å². The van der Waals surface area contributed by atoms with Gasteiger partial charge in [-0.25, -0.2) is 13.2 Å². The summed E-state index contributed by atoms with van der Waals surface area (Å²) < 4.78 is 24.2. The second-order valence-corrected chi connectivity index (χ2v) is 6.65. The number of aliphatic carboxylic acids is 1. The van der Waals surface area contributed by atoms with Crippen molar-refractivity contribution in [1.82, 2.24) is 9.62 Å². The Morgan fingerprint density at radius 3 is 2.58 bits per heavy atom. The minimum Gasteiger partial charge on any atom is -0.480 e. The largest absolute Gasteiger partial charge is 0.480 e. The number of hydrogen-bond acceptors (Lipinski definition) is 4. The number of carboxylic acid groups (broad SMARTS) is 1. The van der Waals surface area contributed by atoms with E-state index in [0.717, 1.165) is 10.6 Å². The van der Waals surface area contributed by atoms with Gasteiger partial charge in [-0.15, -0.1) is 0 Å². The van der Waals surface area contributed by atoms with Gasteiger partial charge in [0, 0.05) is 6.54 Å². The Labute approximate surface area is 113 Å². The van der Waals surface area contributed by atoms with Crippen LogP contribution < -0.4 is 5.32 Å². The summed E-state index contributed by atoms with van der Waals surface area (Å²) in [6.07, 6.45) is 3.04. The third-order valence-electron chi connectivity index (χ3n) is 3.12. The lowest BCUT2D eigenvalue weighted by molar-refractivity contribution is -0.142. The van der Waals surface area contributed by atoms with Gasteiger partial charge in [0.25, 0.3) is 0 Å². The molecule has 0 saturated carbocycles. The molecule has 1 saturated heterocycles. The summed E-state index contributed by atoms with van der Waals surface area (Å²) in [4.78, 5) is 23.0. The first-order chi connectivity index (χ1) is 8.77. The van der Waals surface area contributed by atoms with Crippen molar-refractivity contribution >= 4 is 21.9 Å². The Hall–Kier alpha value is -1.15. The zero-order valence-electron chi connectivity index (χ0n) is 11.1. The number of sulfonamides is 1. The van der Waals surface area contributed by atoms with Crippen LogP contribution in [0.5, 0.6) is 0 Å². The highest BCUT2D eigenvalue weighted by molar-refractivity contribution is 7.88. The summed E-state index contributed by atoms with van der Waals surface area (Å²) in [5, 5.41) is 11.4. The predicted octanol–water partition coefficient (Wildman–Crippen LogP) is -0.220. The minimum absolute atomic E-state index is 0.308. The standard InChI is InChI=1S/C11H20N2O5S/c1-3-5-8(11(15)16)12-10(14)9-6-4-7-13(9)19(2,17)18/h8-9H,3-7H2,1-2H3,(H,12,14)(H,15,16)/t8-,9+/m0/s1. The Kier molecular flexibility index (Phi) is 5.30. The molecule has 1 aliphatic heterocycles. The van der Waals surface area contributed by atoms with Crippen LogP contribution in [-0.2, 0) is 19.6 Å². The zero-order valence-corrected chi connectivity index (χ0v) is 11.9. The number of rotatable bonds is 6. The van der Waals surface area contributed by atoms with Crippen LogP contribution in [0.1, 0.15) is 32.6 Å². The lowest BCUT2D eigenvalue weighted by Crippen LogP contribution is -2.50. The second-order valence-electron chi connectivity index (χ2n) is 4.72. The van der Waals surface area contributed by atoms with Crippen molar-refractivity contribution in [2.24, 2.45) is 0 Å². The minimum atomic E-state index is -3.44. The maximum atomic E-state index is 12.0. The van der Waals surface area contributed by atoms with Gasteiger partial charge in [-0.05, 0) is 19.3 Å². The molecular formula is C11H20N2O5S. The SMILES string of the molecule is CCC[C@H](NC(=O)[C@H]1CCCN1S(C)(=O)=O)C(=O)O. The summed E-state index contributed by atoms with van der Waals surface area (Å²) in [7, 11) is -3.44. The number of amides is 1. The number of carboxylic acids is 1. The van der Waals surface area contributed by atoms with E-state index in [9.17, 15) is 18.0 Å². The molecule has 1 heterocycles. The van der Waals surface area contributed by atoms with Crippen LogP contribution in [0.4, 0.5) is 0 Å². The van der Waals surface area contributed by atoms with Gasteiger partial charge in [-0.1, -0.05) is 13.3 Å². The van der Waals surface area contributed by atoms with E-state index in [1.54, 1.807) is 0 Å². The molecule has 0 unspecified atom stereocenters. The predicted molar refractivity (Wildman–Crippen MR) is 69.0 cm³/mol. The lowest BCUT2D eigenvalue weighted by atomic mass is 10.1. The van der Waals surface area contributed by atoms with Gasteiger partial charge in [-0.2, -0.15) is 4.31 Å². The highest BCUT2D eigenvalue weighted by Gasteiger charge is 2.37. The Bertz CT molecular complexity index is 448. The normalized spacial score (nSPS) is 22.1. The molecule has 8 heteroatoms. The summed E-state index contributed by atoms with van der Waals surface area (Å²) in [5.74, 6) is -1.62. The third-order valence-corrected chi connectivity index (χ3v) is 4.41. The number of nitrogens with one attached hydrogen (secondary N) is 1. The van der Waals surface area contributed by atoms with Crippen molar-refractivity contribution in [3.8, 4) is 0 Å². The first-order valence-corrected chi connectivity index (χ1v) is 8.12. The molecule has 1 rings (SSSR count). The maximum Gasteiger partial charge on any atom is 0.326 e. The Morgan fingerprint density at radius 2 is 2.11 bits per heavy atom. The van der Waals surface area contributed by atoms with Crippen LogP contribution in [-0.4, -0.2) is 54.6 Å². The van der Waals surface area contributed by atoms with Crippen molar-refractivity contribution in [3.63, 3.8) is 0 Å². The lowest BCUT2D eigenvalue weighted by Gasteiger charge is -2.23. The van der Waals surface area contributed by atoms with E-state index in [0.29, 0.717) is 32.2 Å². The van der Waals surface area contributed by atoms with E-state index < -0.39 is 34.0 Å². The van der Waals surface area contributed by atoms with E-state index in [1.165, 1.54) is 0 Å². The van der Waals surface area contributed by atoms with Gasteiger partial charge in [0.05, 0.1) is 6.26 Å². The molecule has 1 fully saturated rings. The van der Waals surface area contributed by atoms with E-state index >= 15 is 0 Å². The molecule has 2 atom stereocenters. The van der Waals surface area contributed by atoms with Crippen LogP contribution in [0.3, 0.4) is 0 Å². The highest BCUT2D eigenvalue weighted by Crippen LogP contribution is 2.20. The Morgan fingerprint density at radius 1 is 1.47 bits per heavy atom. The summed E-state index contributed by atoms with van der Waals surface area (Å²) in [6.45, 7) is 2.13. The number of nitrogens with zero attached hydrogens (tertiary/aromatic N) is 1. The topological polar surface area (TPSA) is 104 Å². The molecule has 0 spiro atoms. The molecule has 0 bridgehead atoms. The zero-order chi connectivity index (χ0) is 14.6.